The van der Waals surface area contributed by atoms with E-state index in [0.29, 0.717) is 25.6 Å². The number of aliphatic hydroxyl groups is 1. The van der Waals surface area contributed by atoms with Crippen molar-refractivity contribution in [2.24, 2.45) is 0 Å². The fourth-order valence-electron chi connectivity index (χ4n) is 2.31. The van der Waals surface area contributed by atoms with Crippen LogP contribution < -0.4 is 0 Å². The van der Waals surface area contributed by atoms with E-state index in [9.17, 15) is 4.79 Å². The summed E-state index contributed by atoms with van der Waals surface area (Å²) in [6, 6.07) is 9.67. The lowest BCUT2D eigenvalue weighted by Gasteiger charge is -2.37. The Morgan fingerprint density at radius 3 is 2.84 bits per heavy atom. The Hall–Kier alpha value is -1.23. The Bertz CT molecular complexity index is 407. The van der Waals surface area contributed by atoms with Gasteiger partial charge in [-0.3, -0.25) is 9.69 Å². The Morgan fingerprint density at radius 1 is 1.42 bits per heavy atom. The summed E-state index contributed by atoms with van der Waals surface area (Å²) in [5, 5.41) is 9.13. The maximum Gasteiger partial charge on any atom is 0.164 e. The summed E-state index contributed by atoms with van der Waals surface area (Å²) in [6.45, 7) is 4.15. The van der Waals surface area contributed by atoms with Gasteiger partial charge in [-0.15, -0.1) is 0 Å². The van der Waals surface area contributed by atoms with Gasteiger partial charge < -0.3 is 9.84 Å². The minimum atomic E-state index is -0.122. The van der Waals surface area contributed by atoms with Crippen molar-refractivity contribution in [1.82, 2.24) is 4.90 Å². The Labute approximate surface area is 114 Å². The number of ether oxygens (including phenoxy) is 1. The highest BCUT2D eigenvalue weighted by atomic mass is 16.5. The van der Waals surface area contributed by atoms with Gasteiger partial charge in [0, 0.05) is 31.1 Å². The topological polar surface area (TPSA) is 49.8 Å². The molecule has 1 N–H and O–H groups in total. The largest absolute Gasteiger partial charge is 0.394 e. The lowest BCUT2D eigenvalue weighted by Crippen LogP contribution is -2.49. The van der Waals surface area contributed by atoms with Gasteiger partial charge in [0.05, 0.1) is 19.3 Å². The first-order valence-corrected chi connectivity index (χ1v) is 6.75. The third-order valence-electron chi connectivity index (χ3n) is 3.56. The highest BCUT2D eigenvalue weighted by molar-refractivity contribution is 5.96. The SMILES string of the molecule is CC1COC(CO)CN1CCC(=O)c1ccccc1. The van der Waals surface area contributed by atoms with Crippen LogP contribution in [0.25, 0.3) is 0 Å². The lowest BCUT2D eigenvalue weighted by molar-refractivity contribution is -0.0772. The molecule has 1 fully saturated rings. The molecule has 1 aromatic carbocycles. The van der Waals surface area contributed by atoms with Gasteiger partial charge in [0.25, 0.3) is 0 Å². The molecule has 0 aliphatic carbocycles. The van der Waals surface area contributed by atoms with Gasteiger partial charge in [0.15, 0.2) is 5.78 Å². The van der Waals surface area contributed by atoms with Crippen LogP contribution in [0.4, 0.5) is 0 Å². The average molecular weight is 263 g/mol. The maximum absolute atomic E-state index is 12.0. The molecule has 0 bridgehead atoms. The third-order valence-corrected chi connectivity index (χ3v) is 3.56. The van der Waals surface area contributed by atoms with Crippen LogP contribution in [0.2, 0.25) is 0 Å². The number of Topliss-reactive ketones (excluding diaryl/α,β-unsaturated/α-hetero) is 1. The fourth-order valence-corrected chi connectivity index (χ4v) is 2.31. The van der Waals surface area contributed by atoms with E-state index >= 15 is 0 Å². The number of carbonyl (C=O) groups is 1. The second-order valence-electron chi connectivity index (χ2n) is 5.02. The lowest BCUT2D eigenvalue weighted by atomic mass is 10.1. The molecule has 19 heavy (non-hydrogen) atoms. The standard InChI is InChI=1S/C15H21NO3/c1-12-11-19-14(10-17)9-16(12)8-7-15(18)13-5-3-2-4-6-13/h2-6,12,14,17H,7-11H2,1H3. The molecule has 4 nitrogen and oxygen atoms in total. The Balaban J connectivity index is 1.85. The molecular weight excluding hydrogens is 242 g/mol. The number of morpholine rings is 1. The van der Waals surface area contributed by atoms with E-state index < -0.39 is 0 Å². The predicted molar refractivity (Wildman–Crippen MR) is 73.3 cm³/mol. The molecule has 0 amide bonds. The van der Waals surface area contributed by atoms with Crippen LogP contribution in [-0.4, -0.2) is 54.2 Å². The number of aliphatic hydroxyl groups excluding tert-OH is 1. The van der Waals surface area contributed by atoms with Crippen molar-refractivity contribution in [1.29, 1.82) is 0 Å². The van der Waals surface area contributed by atoms with Gasteiger partial charge in [-0.05, 0) is 6.92 Å². The van der Waals surface area contributed by atoms with E-state index in [0.717, 1.165) is 12.1 Å². The van der Waals surface area contributed by atoms with E-state index in [2.05, 4.69) is 11.8 Å². The van der Waals surface area contributed by atoms with Gasteiger partial charge in [-0.1, -0.05) is 30.3 Å². The number of benzene rings is 1. The highest BCUT2D eigenvalue weighted by Gasteiger charge is 2.25. The van der Waals surface area contributed by atoms with Gasteiger partial charge in [0.1, 0.15) is 0 Å². The number of rotatable bonds is 5. The molecule has 1 aliphatic rings. The quantitative estimate of drug-likeness (QED) is 0.815. The fraction of sp³-hybridized carbons (Fsp3) is 0.533. The van der Waals surface area contributed by atoms with Crippen LogP contribution in [-0.2, 0) is 4.74 Å². The first kappa shape index (κ1) is 14.2. The van der Waals surface area contributed by atoms with Crippen molar-refractivity contribution in [2.45, 2.75) is 25.5 Å². The Morgan fingerprint density at radius 2 is 2.16 bits per heavy atom. The summed E-state index contributed by atoms with van der Waals surface area (Å²) < 4.78 is 5.48. The van der Waals surface area contributed by atoms with Gasteiger partial charge in [0.2, 0.25) is 0 Å². The van der Waals surface area contributed by atoms with Gasteiger partial charge >= 0.3 is 0 Å². The zero-order valence-corrected chi connectivity index (χ0v) is 11.3. The molecule has 4 heteroatoms. The molecule has 2 unspecified atom stereocenters. The van der Waals surface area contributed by atoms with Crippen LogP contribution in [0.15, 0.2) is 30.3 Å². The van der Waals surface area contributed by atoms with Crippen LogP contribution >= 0.6 is 0 Å². The zero-order chi connectivity index (χ0) is 13.7. The zero-order valence-electron chi connectivity index (χ0n) is 11.3. The Kier molecular flexibility index (Phi) is 5.07. The maximum atomic E-state index is 12.0. The number of hydrogen-bond acceptors (Lipinski definition) is 4. The normalized spacial score (nSPS) is 24.3. The van der Waals surface area contributed by atoms with Crippen molar-refractivity contribution < 1.29 is 14.6 Å². The first-order chi connectivity index (χ1) is 9.20. The third kappa shape index (κ3) is 3.86. The molecule has 0 radical (unpaired) electrons. The second-order valence-corrected chi connectivity index (χ2v) is 5.02. The molecule has 0 spiro atoms. The van der Waals surface area contributed by atoms with E-state index in [1.54, 1.807) is 0 Å². The molecule has 0 aromatic heterocycles. The summed E-state index contributed by atoms with van der Waals surface area (Å²) in [6.07, 6.45) is 0.384. The van der Waals surface area contributed by atoms with E-state index in [1.807, 2.05) is 30.3 Å². The number of nitrogens with zero attached hydrogens (tertiary/aromatic N) is 1. The summed E-state index contributed by atoms with van der Waals surface area (Å²) in [4.78, 5) is 14.3. The summed E-state index contributed by atoms with van der Waals surface area (Å²) in [5.74, 6) is 0.167. The van der Waals surface area contributed by atoms with E-state index in [4.69, 9.17) is 9.84 Å². The molecule has 1 aliphatic heterocycles. The summed E-state index contributed by atoms with van der Waals surface area (Å²) >= 11 is 0. The average Bonchev–Trinajstić information content (AvgIpc) is 2.47. The van der Waals surface area contributed by atoms with Gasteiger partial charge in [-0.25, -0.2) is 0 Å². The van der Waals surface area contributed by atoms with Crippen LogP contribution in [0, 0.1) is 0 Å². The number of ketones is 1. The smallest absolute Gasteiger partial charge is 0.164 e. The molecular formula is C15H21NO3. The van der Waals surface area contributed by atoms with Crippen LogP contribution in [0.3, 0.4) is 0 Å². The predicted octanol–water partition coefficient (Wildman–Crippen LogP) is 1.34. The number of hydrogen-bond donors (Lipinski definition) is 1. The van der Waals surface area contributed by atoms with Crippen LogP contribution in [0.5, 0.6) is 0 Å². The molecule has 104 valence electrons. The minimum absolute atomic E-state index is 0.0376. The molecule has 1 heterocycles. The van der Waals surface area contributed by atoms with Crippen molar-refractivity contribution in [3.63, 3.8) is 0 Å². The molecule has 2 atom stereocenters. The molecule has 1 saturated heterocycles. The van der Waals surface area contributed by atoms with Crippen molar-refractivity contribution >= 4 is 5.78 Å². The van der Waals surface area contributed by atoms with Gasteiger partial charge in [-0.2, -0.15) is 0 Å². The second kappa shape index (κ2) is 6.80. The van der Waals surface area contributed by atoms with Crippen molar-refractivity contribution in [3.05, 3.63) is 35.9 Å². The van der Waals surface area contributed by atoms with Crippen molar-refractivity contribution in [2.75, 3.05) is 26.3 Å². The number of carbonyl (C=O) groups excluding carboxylic acids is 1. The molecule has 2 rings (SSSR count). The molecule has 0 saturated carbocycles. The van der Waals surface area contributed by atoms with E-state index in [1.165, 1.54) is 0 Å². The van der Waals surface area contributed by atoms with Crippen LogP contribution in [0.1, 0.15) is 23.7 Å². The first-order valence-electron chi connectivity index (χ1n) is 6.75. The monoisotopic (exact) mass is 263 g/mol. The highest BCUT2D eigenvalue weighted by Crippen LogP contribution is 2.13. The molecule has 1 aromatic rings. The minimum Gasteiger partial charge on any atom is -0.394 e. The van der Waals surface area contributed by atoms with E-state index in [-0.39, 0.29) is 18.5 Å². The summed E-state index contributed by atoms with van der Waals surface area (Å²) in [7, 11) is 0. The van der Waals surface area contributed by atoms with Crippen molar-refractivity contribution in [3.8, 4) is 0 Å². The summed E-state index contributed by atoms with van der Waals surface area (Å²) in [5.41, 5.74) is 0.766.